The van der Waals surface area contributed by atoms with Gasteiger partial charge in [-0.3, -0.25) is 19.2 Å². The maximum atomic E-state index is 13.1. The Hall–Kier alpha value is -2.40. The minimum atomic E-state index is -2.38. The first-order chi connectivity index (χ1) is 24.3. The number of carbonyl (C=O) groups is 4. The molecule has 0 saturated carbocycles. The van der Waals surface area contributed by atoms with Crippen LogP contribution in [0.4, 0.5) is 0 Å². The molecule has 0 amide bonds. The third kappa shape index (κ3) is 13.5. The number of hydrogen-bond acceptors (Lipinski definition) is 15. The van der Waals surface area contributed by atoms with E-state index in [1.165, 1.54) is 25.7 Å². The van der Waals surface area contributed by atoms with Gasteiger partial charge in [0.25, 0.3) is 0 Å². The molecule has 2 heterocycles. The SMILES string of the molecule is CCCCCCCCCCCC(=O)O[C@@H]1[C@@H](O)[C@H](CO)O[C@]1(CO)O[C@@H]1O[C@@H](CO)[C@H](OC(=O)CC(C)C)[C@@H](OC(=O)C(C)CC)[C@@H]1OC(C)=O. The molecule has 15 nitrogen and oxygen atoms in total. The van der Waals surface area contributed by atoms with Crippen LogP contribution in [-0.2, 0) is 52.3 Å². The van der Waals surface area contributed by atoms with Crippen LogP contribution in [0.3, 0.4) is 0 Å². The summed E-state index contributed by atoms with van der Waals surface area (Å²) in [7, 11) is 0. The molecule has 0 spiro atoms. The molecule has 1 unspecified atom stereocenters. The Bertz CT molecular complexity index is 1070. The molecule has 0 aromatic heterocycles. The van der Waals surface area contributed by atoms with Crippen LogP contribution < -0.4 is 0 Å². The molecule has 2 aliphatic rings. The van der Waals surface area contributed by atoms with Crippen molar-refractivity contribution in [3.05, 3.63) is 0 Å². The van der Waals surface area contributed by atoms with Crippen molar-refractivity contribution in [2.45, 2.75) is 173 Å². The van der Waals surface area contributed by atoms with Crippen molar-refractivity contribution in [1.29, 1.82) is 0 Å². The Morgan fingerprint density at radius 1 is 0.745 bits per heavy atom. The van der Waals surface area contributed by atoms with Gasteiger partial charge in [0.1, 0.15) is 24.9 Å². The number of hydrogen-bond donors (Lipinski definition) is 4. The van der Waals surface area contributed by atoms with E-state index in [2.05, 4.69) is 6.92 Å². The molecule has 0 aromatic rings. The Morgan fingerprint density at radius 3 is 1.88 bits per heavy atom. The Labute approximate surface area is 301 Å². The van der Waals surface area contributed by atoms with Crippen LogP contribution in [0.15, 0.2) is 0 Å². The summed E-state index contributed by atoms with van der Waals surface area (Å²) in [6.07, 6.45) is -3.07. The van der Waals surface area contributed by atoms with Crippen molar-refractivity contribution < 1.29 is 72.8 Å². The third-order valence-corrected chi connectivity index (χ3v) is 9.12. The first kappa shape index (κ1) is 44.8. The van der Waals surface area contributed by atoms with E-state index in [1.54, 1.807) is 27.7 Å². The lowest BCUT2D eigenvalue weighted by atomic mass is 9.97. The number of esters is 4. The predicted octanol–water partition coefficient (Wildman–Crippen LogP) is 2.84. The van der Waals surface area contributed by atoms with Crippen LogP contribution >= 0.6 is 0 Å². The van der Waals surface area contributed by atoms with Crippen molar-refractivity contribution in [2.75, 3.05) is 19.8 Å². The quantitative estimate of drug-likeness (QED) is 0.0675. The summed E-state index contributed by atoms with van der Waals surface area (Å²) >= 11 is 0. The molecule has 51 heavy (non-hydrogen) atoms. The summed E-state index contributed by atoms with van der Waals surface area (Å²) < 4.78 is 40.4. The highest BCUT2D eigenvalue weighted by Gasteiger charge is 2.62. The topological polar surface area (TPSA) is 214 Å². The summed E-state index contributed by atoms with van der Waals surface area (Å²) in [4.78, 5) is 51.4. The van der Waals surface area contributed by atoms with Gasteiger partial charge in [-0.25, -0.2) is 0 Å². The number of carbonyl (C=O) groups excluding carboxylic acids is 4. The number of unbranched alkanes of at least 4 members (excludes halogenated alkanes) is 8. The molecule has 2 rings (SSSR count). The molecule has 2 fully saturated rings. The summed E-state index contributed by atoms with van der Waals surface area (Å²) in [5, 5.41) is 42.1. The first-order valence-electron chi connectivity index (χ1n) is 18.6. The minimum absolute atomic E-state index is 0.00397. The average molecular weight is 735 g/mol. The Kier molecular flexibility index (Phi) is 19.9. The van der Waals surface area contributed by atoms with Gasteiger partial charge < -0.3 is 53.6 Å². The van der Waals surface area contributed by atoms with E-state index in [1.807, 2.05) is 0 Å². The van der Waals surface area contributed by atoms with Crippen molar-refractivity contribution in [3.8, 4) is 0 Å². The number of rotatable bonds is 23. The van der Waals surface area contributed by atoms with Crippen LogP contribution in [0, 0.1) is 11.8 Å². The van der Waals surface area contributed by atoms with Gasteiger partial charge in [-0.1, -0.05) is 86.0 Å². The van der Waals surface area contributed by atoms with E-state index >= 15 is 0 Å². The fourth-order valence-electron chi connectivity index (χ4n) is 6.05. The molecule has 10 atom stereocenters. The normalized spacial score (nSPS) is 29.8. The molecule has 0 bridgehead atoms. The lowest BCUT2D eigenvalue weighted by Crippen LogP contribution is -2.65. The van der Waals surface area contributed by atoms with Gasteiger partial charge in [0.15, 0.2) is 24.4 Å². The lowest BCUT2D eigenvalue weighted by molar-refractivity contribution is -0.384. The number of aliphatic hydroxyl groups excluding tert-OH is 4. The largest absolute Gasteiger partial charge is 0.455 e. The number of ether oxygens (including phenoxy) is 7. The van der Waals surface area contributed by atoms with Gasteiger partial charge in [-0.05, 0) is 18.8 Å². The average Bonchev–Trinajstić information content (AvgIpc) is 3.34. The van der Waals surface area contributed by atoms with Gasteiger partial charge in [-0.2, -0.15) is 0 Å². The zero-order valence-corrected chi connectivity index (χ0v) is 31.2. The van der Waals surface area contributed by atoms with Crippen LogP contribution in [0.2, 0.25) is 0 Å². The molecule has 0 aromatic carbocycles. The third-order valence-electron chi connectivity index (χ3n) is 9.12. The smallest absolute Gasteiger partial charge is 0.309 e. The van der Waals surface area contributed by atoms with Crippen molar-refractivity contribution in [2.24, 2.45) is 11.8 Å². The zero-order valence-electron chi connectivity index (χ0n) is 31.2. The minimum Gasteiger partial charge on any atom is -0.455 e. The van der Waals surface area contributed by atoms with E-state index in [4.69, 9.17) is 33.2 Å². The first-order valence-corrected chi connectivity index (χ1v) is 18.6. The second kappa shape index (κ2) is 22.6. The monoisotopic (exact) mass is 734 g/mol. The van der Waals surface area contributed by atoms with Crippen LogP contribution in [0.5, 0.6) is 0 Å². The van der Waals surface area contributed by atoms with Crippen molar-refractivity contribution >= 4 is 23.9 Å². The molecular formula is C36H62O15. The Morgan fingerprint density at radius 2 is 1.35 bits per heavy atom. The maximum Gasteiger partial charge on any atom is 0.309 e. The van der Waals surface area contributed by atoms with E-state index < -0.39 is 104 Å². The molecule has 296 valence electrons. The zero-order chi connectivity index (χ0) is 38.1. The number of aliphatic hydroxyl groups is 4. The molecule has 4 N–H and O–H groups in total. The van der Waals surface area contributed by atoms with Gasteiger partial charge in [-0.15, -0.1) is 0 Å². The summed E-state index contributed by atoms with van der Waals surface area (Å²) in [5.74, 6) is -6.11. The molecule has 2 aliphatic heterocycles. The highest BCUT2D eigenvalue weighted by molar-refractivity contribution is 5.73. The predicted molar refractivity (Wildman–Crippen MR) is 181 cm³/mol. The fraction of sp³-hybridized carbons (Fsp3) is 0.889. The van der Waals surface area contributed by atoms with Crippen LogP contribution in [-0.4, -0.2) is 119 Å². The Balaban J connectivity index is 2.36. The summed E-state index contributed by atoms with van der Waals surface area (Å²) in [6.45, 7) is 7.60. The molecular weight excluding hydrogens is 672 g/mol. The van der Waals surface area contributed by atoms with Crippen LogP contribution in [0.1, 0.15) is 119 Å². The fourth-order valence-corrected chi connectivity index (χ4v) is 6.05. The van der Waals surface area contributed by atoms with Crippen molar-refractivity contribution in [3.63, 3.8) is 0 Å². The van der Waals surface area contributed by atoms with Gasteiger partial charge in [0, 0.05) is 19.8 Å². The second-order valence-corrected chi connectivity index (χ2v) is 14.0. The van der Waals surface area contributed by atoms with Crippen LogP contribution in [0.25, 0.3) is 0 Å². The summed E-state index contributed by atoms with van der Waals surface area (Å²) in [6, 6.07) is 0. The molecule has 2 saturated heterocycles. The molecule has 0 radical (unpaired) electrons. The van der Waals surface area contributed by atoms with Gasteiger partial charge >= 0.3 is 23.9 Å². The highest BCUT2D eigenvalue weighted by Crippen LogP contribution is 2.40. The standard InChI is InChI=1S/C36H62O15/c1-7-9-10-11-12-13-14-15-16-17-27(41)48-33-29(43)25(19-37)50-36(33,21-39)51-35-32(45-24(6)40)31(49-34(44)23(5)8-2)30(26(20-38)46-35)47-28(42)18-22(3)4/h22-23,25-26,29-33,35,37-39,43H,7-21H2,1-6H3/t23?,25-,26-,29-,30-,31+,32-,33+,35-,36+/m0/s1. The lowest BCUT2D eigenvalue weighted by Gasteiger charge is -2.46. The van der Waals surface area contributed by atoms with E-state index in [0.29, 0.717) is 12.8 Å². The second-order valence-electron chi connectivity index (χ2n) is 14.0. The highest BCUT2D eigenvalue weighted by atomic mass is 16.8. The van der Waals surface area contributed by atoms with E-state index in [-0.39, 0.29) is 18.8 Å². The maximum absolute atomic E-state index is 13.1. The molecule has 0 aliphatic carbocycles. The summed E-state index contributed by atoms with van der Waals surface area (Å²) in [5.41, 5.74) is 0. The van der Waals surface area contributed by atoms with Gasteiger partial charge in [0.2, 0.25) is 12.1 Å². The molecule has 15 heteroatoms. The van der Waals surface area contributed by atoms with Gasteiger partial charge in [0.05, 0.1) is 19.1 Å². The van der Waals surface area contributed by atoms with Crippen molar-refractivity contribution in [1.82, 2.24) is 0 Å². The van der Waals surface area contributed by atoms with E-state index in [0.717, 1.165) is 32.6 Å². The van der Waals surface area contributed by atoms with E-state index in [9.17, 15) is 39.6 Å².